The Morgan fingerprint density at radius 1 is 1.25 bits per heavy atom. The van der Waals surface area contributed by atoms with Crippen LogP contribution in [0.2, 0.25) is 0 Å². The molecule has 1 aromatic heterocycles. The second-order valence-electron chi connectivity index (χ2n) is 5.90. The standard InChI is InChI=1S/C18H21NO4S/c1-12(2)8-23-17-5-4-14(6-15(17)7-20)16(9-22-11-21)18-13(3)19-10-24-18/h4-7,10-12,16H,8-9H2,1-3H3. The van der Waals surface area contributed by atoms with Gasteiger partial charge in [0.1, 0.15) is 12.4 Å². The number of carbonyl (C=O) groups is 2. The third-order valence-corrected chi connectivity index (χ3v) is 4.61. The van der Waals surface area contributed by atoms with Gasteiger partial charge in [0, 0.05) is 4.88 Å². The number of hydrogen-bond acceptors (Lipinski definition) is 6. The molecule has 0 saturated carbocycles. The van der Waals surface area contributed by atoms with Crippen molar-refractivity contribution in [1.29, 1.82) is 0 Å². The van der Waals surface area contributed by atoms with Gasteiger partial charge in [0.05, 0.1) is 29.3 Å². The number of rotatable bonds is 9. The normalized spacial score (nSPS) is 12.0. The minimum atomic E-state index is -0.152. The zero-order valence-corrected chi connectivity index (χ0v) is 14.8. The van der Waals surface area contributed by atoms with Crippen LogP contribution in [0.5, 0.6) is 5.75 Å². The zero-order valence-electron chi connectivity index (χ0n) is 14.0. The molecule has 1 aromatic carbocycles. The van der Waals surface area contributed by atoms with Gasteiger partial charge in [0.2, 0.25) is 0 Å². The van der Waals surface area contributed by atoms with Gasteiger partial charge in [0.15, 0.2) is 6.29 Å². The molecule has 0 amide bonds. The zero-order chi connectivity index (χ0) is 17.5. The molecule has 2 rings (SSSR count). The number of nitrogens with zero attached hydrogens (tertiary/aromatic N) is 1. The molecule has 0 aliphatic heterocycles. The molecule has 5 nitrogen and oxygen atoms in total. The molecule has 0 bridgehead atoms. The van der Waals surface area contributed by atoms with Crippen LogP contribution in [0.15, 0.2) is 23.7 Å². The van der Waals surface area contributed by atoms with Crippen molar-refractivity contribution in [2.45, 2.75) is 26.7 Å². The van der Waals surface area contributed by atoms with Crippen molar-refractivity contribution in [2.75, 3.05) is 13.2 Å². The third-order valence-electron chi connectivity index (χ3n) is 3.57. The fraction of sp³-hybridized carbons (Fsp3) is 0.389. The molecule has 0 aliphatic rings. The van der Waals surface area contributed by atoms with Gasteiger partial charge >= 0.3 is 0 Å². The molecule has 128 valence electrons. The summed E-state index contributed by atoms with van der Waals surface area (Å²) < 4.78 is 10.7. The summed E-state index contributed by atoms with van der Waals surface area (Å²) in [5.41, 5.74) is 4.04. The van der Waals surface area contributed by atoms with Gasteiger partial charge in [-0.05, 0) is 30.5 Å². The highest BCUT2D eigenvalue weighted by Crippen LogP contribution is 2.32. The third kappa shape index (κ3) is 4.41. The van der Waals surface area contributed by atoms with Crippen LogP contribution in [-0.4, -0.2) is 31.0 Å². The molecule has 6 heteroatoms. The van der Waals surface area contributed by atoms with E-state index in [1.165, 1.54) is 11.3 Å². The summed E-state index contributed by atoms with van der Waals surface area (Å²) in [6.45, 7) is 7.20. The van der Waals surface area contributed by atoms with E-state index in [0.29, 0.717) is 30.3 Å². The highest BCUT2D eigenvalue weighted by atomic mass is 32.1. The van der Waals surface area contributed by atoms with E-state index in [-0.39, 0.29) is 12.5 Å². The molecule has 0 spiro atoms. The first-order chi connectivity index (χ1) is 11.6. The van der Waals surface area contributed by atoms with Crippen molar-refractivity contribution in [1.82, 2.24) is 4.98 Å². The first kappa shape index (κ1) is 18.1. The number of aryl methyl sites for hydroxylation is 1. The summed E-state index contributed by atoms with van der Waals surface area (Å²) in [6, 6.07) is 5.49. The number of carbonyl (C=O) groups excluding carboxylic acids is 2. The molecule has 1 heterocycles. The van der Waals surface area contributed by atoms with Crippen LogP contribution in [0, 0.1) is 12.8 Å². The van der Waals surface area contributed by atoms with Crippen LogP contribution >= 0.6 is 11.3 Å². The minimum Gasteiger partial charge on any atom is -0.493 e. The van der Waals surface area contributed by atoms with Crippen molar-refractivity contribution < 1.29 is 19.1 Å². The SMILES string of the molecule is Cc1ncsc1C(COC=O)c1ccc(OCC(C)C)c(C=O)c1. The van der Waals surface area contributed by atoms with Gasteiger partial charge in [-0.1, -0.05) is 19.9 Å². The fourth-order valence-electron chi connectivity index (χ4n) is 2.37. The van der Waals surface area contributed by atoms with E-state index in [0.717, 1.165) is 22.4 Å². The van der Waals surface area contributed by atoms with Gasteiger partial charge in [0.25, 0.3) is 6.47 Å². The maximum absolute atomic E-state index is 11.4. The minimum absolute atomic E-state index is 0.152. The Bertz CT molecular complexity index is 696. The monoisotopic (exact) mass is 347 g/mol. The Kier molecular flexibility index (Phi) is 6.49. The first-order valence-electron chi connectivity index (χ1n) is 7.74. The number of ether oxygens (including phenoxy) is 2. The lowest BCUT2D eigenvalue weighted by atomic mass is 9.95. The van der Waals surface area contributed by atoms with Crippen LogP contribution in [0.3, 0.4) is 0 Å². The molecule has 1 atom stereocenters. The van der Waals surface area contributed by atoms with Crippen LogP contribution < -0.4 is 4.74 Å². The predicted molar refractivity (Wildman–Crippen MR) is 92.9 cm³/mol. The lowest BCUT2D eigenvalue weighted by molar-refractivity contribution is -0.128. The van der Waals surface area contributed by atoms with E-state index < -0.39 is 0 Å². The average Bonchev–Trinajstić information content (AvgIpc) is 2.99. The number of aromatic nitrogens is 1. The molecule has 0 saturated heterocycles. The maximum Gasteiger partial charge on any atom is 0.293 e. The maximum atomic E-state index is 11.4. The van der Waals surface area contributed by atoms with Gasteiger partial charge in [-0.15, -0.1) is 11.3 Å². The molecular formula is C18H21NO4S. The molecule has 24 heavy (non-hydrogen) atoms. The molecule has 1 unspecified atom stereocenters. The highest BCUT2D eigenvalue weighted by Gasteiger charge is 2.21. The smallest absolute Gasteiger partial charge is 0.293 e. The van der Waals surface area contributed by atoms with Gasteiger partial charge < -0.3 is 9.47 Å². The van der Waals surface area contributed by atoms with E-state index in [4.69, 9.17) is 9.47 Å². The molecule has 2 aromatic rings. The lowest BCUT2D eigenvalue weighted by Crippen LogP contribution is -2.11. The van der Waals surface area contributed by atoms with Crippen molar-refractivity contribution in [2.24, 2.45) is 5.92 Å². The van der Waals surface area contributed by atoms with E-state index in [1.54, 1.807) is 17.6 Å². The summed E-state index contributed by atoms with van der Waals surface area (Å²) in [4.78, 5) is 27.3. The Morgan fingerprint density at radius 2 is 2.04 bits per heavy atom. The molecular weight excluding hydrogens is 326 g/mol. The van der Waals surface area contributed by atoms with Crippen LogP contribution in [-0.2, 0) is 9.53 Å². The number of hydrogen-bond donors (Lipinski definition) is 0. The van der Waals surface area contributed by atoms with E-state index in [9.17, 15) is 9.59 Å². The Hall–Kier alpha value is -2.21. The lowest BCUT2D eigenvalue weighted by Gasteiger charge is -2.18. The number of aldehydes is 1. The van der Waals surface area contributed by atoms with Gasteiger partial charge in [-0.2, -0.15) is 0 Å². The Morgan fingerprint density at radius 3 is 2.62 bits per heavy atom. The molecule has 0 N–H and O–H groups in total. The summed E-state index contributed by atoms with van der Waals surface area (Å²) >= 11 is 1.51. The van der Waals surface area contributed by atoms with E-state index in [1.807, 2.05) is 26.8 Å². The summed E-state index contributed by atoms with van der Waals surface area (Å²) in [6.07, 6.45) is 0.788. The second kappa shape index (κ2) is 8.59. The van der Waals surface area contributed by atoms with Crippen molar-refractivity contribution in [3.05, 3.63) is 45.4 Å². The van der Waals surface area contributed by atoms with Gasteiger partial charge in [-0.3, -0.25) is 9.59 Å². The van der Waals surface area contributed by atoms with Crippen molar-refractivity contribution >= 4 is 24.1 Å². The first-order valence-corrected chi connectivity index (χ1v) is 8.62. The van der Waals surface area contributed by atoms with Crippen LogP contribution in [0.1, 0.15) is 46.3 Å². The van der Waals surface area contributed by atoms with Crippen molar-refractivity contribution in [3.63, 3.8) is 0 Å². The summed E-state index contributed by atoms with van der Waals surface area (Å²) in [7, 11) is 0. The molecule has 0 aliphatic carbocycles. The van der Waals surface area contributed by atoms with E-state index in [2.05, 4.69) is 4.98 Å². The predicted octanol–water partition coefficient (Wildman–Crippen LogP) is 3.60. The van der Waals surface area contributed by atoms with Crippen LogP contribution in [0.4, 0.5) is 0 Å². The molecule has 0 fully saturated rings. The molecule has 0 radical (unpaired) electrons. The van der Waals surface area contributed by atoms with E-state index >= 15 is 0 Å². The largest absolute Gasteiger partial charge is 0.493 e. The second-order valence-corrected chi connectivity index (χ2v) is 6.79. The Labute approximate surface area is 145 Å². The highest BCUT2D eigenvalue weighted by molar-refractivity contribution is 7.09. The quantitative estimate of drug-likeness (QED) is 0.648. The summed E-state index contributed by atoms with van der Waals surface area (Å²) in [5.74, 6) is 0.789. The average molecular weight is 347 g/mol. The number of benzene rings is 1. The topological polar surface area (TPSA) is 65.5 Å². The fourth-order valence-corrected chi connectivity index (χ4v) is 3.28. The number of thiazole rings is 1. The van der Waals surface area contributed by atoms with Gasteiger partial charge in [-0.25, -0.2) is 4.98 Å². The Balaban J connectivity index is 2.34. The van der Waals surface area contributed by atoms with Crippen LogP contribution in [0.25, 0.3) is 0 Å². The summed E-state index contributed by atoms with van der Waals surface area (Å²) in [5, 5.41) is 0. The van der Waals surface area contributed by atoms with Crippen molar-refractivity contribution in [3.8, 4) is 5.75 Å².